The van der Waals surface area contributed by atoms with Crippen LogP contribution < -0.4 is 23.7 Å². The number of hydrogen-bond donors (Lipinski definition) is 1. The number of para-hydroxylation sites is 1. The Morgan fingerprint density at radius 3 is 2.63 bits per heavy atom. The van der Waals surface area contributed by atoms with E-state index in [4.69, 9.17) is 23.7 Å². The maximum Gasteiger partial charge on any atom is 0.231 e. The number of benzene rings is 2. The van der Waals surface area contributed by atoms with E-state index in [2.05, 4.69) is 11.0 Å². The van der Waals surface area contributed by atoms with E-state index in [-0.39, 0.29) is 12.9 Å². The molecule has 30 heavy (non-hydrogen) atoms. The van der Waals surface area contributed by atoms with Gasteiger partial charge in [0.15, 0.2) is 23.0 Å². The molecular formula is C23H25NO6. The third-order valence-electron chi connectivity index (χ3n) is 6.66. The molecule has 1 aliphatic carbocycles. The fourth-order valence-electron chi connectivity index (χ4n) is 5.22. The molecule has 2 aromatic carbocycles. The molecule has 2 fully saturated rings. The average Bonchev–Trinajstić information content (AvgIpc) is 3.47. The molecule has 0 aromatic heterocycles. The lowest BCUT2D eigenvalue weighted by Crippen LogP contribution is -2.42. The van der Waals surface area contributed by atoms with Crippen LogP contribution in [0.25, 0.3) is 0 Å². The van der Waals surface area contributed by atoms with Gasteiger partial charge in [-0.1, -0.05) is 12.1 Å². The van der Waals surface area contributed by atoms with Gasteiger partial charge in [-0.05, 0) is 42.9 Å². The second-order valence-electron chi connectivity index (χ2n) is 8.58. The topological polar surface area (TPSA) is 69.6 Å². The van der Waals surface area contributed by atoms with Crippen molar-refractivity contribution < 1.29 is 28.8 Å². The van der Waals surface area contributed by atoms with E-state index in [1.165, 1.54) is 0 Å². The molecule has 4 aliphatic rings. The standard InChI is InChI=1S/C23H25NO6/c25-18-6-15-10-24(9-14-2-1-3-20-23(14)29-13-27-20)11-16(15)7-21(18)30-17-4-5-19-22(8-17)28-12-26-19/h1-5,8,15-16,18,21,25H,6-7,9-13H2/t15-,16+,18+,21+/m0/s1. The monoisotopic (exact) mass is 411 g/mol. The molecule has 0 spiro atoms. The molecule has 1 N–H and O–H groups in total. The van der Waals surface area contributed by atoms with E-state index in [0.717, 1.165) is 55.3 Å². The number of aliphatic hydroxyl groups excluding tert-OH is 1. The molecule has 2 aromatic rings. The van der Waals surface area contributed by atoms with Crippen molar-refractivity contribution in [3.8, 4) is 28.7 Å². The van der Waals surface area contributed by atoms with Crippen LogP contribution in [0.4, 0.5) is 0 Å². The van der Waals surface area contributed by atoms with Gasteiger partial charge in [-0.3, -0.25) is 4.90 Å². The minimum Gasteiger partial charge on any atom is -0.488 e. The van der Waals surface area contributed by atoms with Crippen molar-refractivity contribution in [2.24, 2.45) is 11.8 Å². The van der Waals surface area contributed by atoms with Crippen molar-refractivity contribution in [1.82, 2.24) is 4.90 Å². The lowest BCUT2D eigenvalue weighted by atomic mass is 9.78. The zero-order valence-corrected chi connectivity index (χ0v) is 16.7. The van der Waals surface area contributed by atoms with Gasteiger partial charge in [0.2, 0.25) is 13.6 Å². The average molecular weight is 411 g/mol. The summed E-state index contributed by atoms with van der Waals surface area (Å²) in [6, 6.07) is 11.7. The summed E-state index contributed by atoms with van der Waals surface area (Å²) in [6.45, 7) is 3.37. The summed E-state index contributed by atoms with van der Waals surface area (Å²) in [5.41, 5.74) is 1.16. The second kappa shape index (κ2) is 7.25. The fourth-order valence-corrected chi connectivity index (χ4v) is 5.22. The van der Waals surface area contributed by atoms with E-state index in [0.29, 0.717) is 30.1 Å². The summed E-state index contributed by atoms with van der Waals surface area (Å²) in [6.07, 6.45) is 0.949. The number of hydrogen-bond acceptors (Lipinski definition) is 7. The Morgan fingerprint density at radius 1 is 0.900 bits per heavy atom. The molecule has 4 atom stereocenters. The molecule has 6 rings (SSSR count). The van der Waals surface area contributed by atoms with Crippen LogP contribution >= 0.6 is 0 Å². The molecule has 1 saturated carbocycles. The summed E-state index contributed by atoms with van der Waals surface area (Å²) < 4.78 is 28.1. The minimum atomic E-state index is -0.464. The molecule has 0 unspecified atom stereocenters. The van der Waals surface area contributed by atoms with E-state index >= 15 is 0 Å². The summed E-state index contributed by atoms with van der Waals surface area (Å²) in [5.74, 6) is 4.86. The second-order valence-corrected chi connectivity index (χ2v) is 8.58. The highest BCUT2D eigenvalue weighted by Gasteiger charge is 2.43. The fraction of sp³-hybridized carbons (Fsp3) is 0.478. The zero-order valence-electron chi connectivity index (χ0n) is 16.7. The van der Waals surface area contributed by atoms with E-state index < -0.39 is 6.10 Å². The Balaban J connectivity index is 1.12. The Bertz CT molecular complexity index is 949. The van der Waals surface area contributed by atoms with Gasteiger partial charge in [0.25, 0.3) is 0 Å². The highest BCUT2D eigenvalue weighted by atomic mass is 16.7. The van der Waals surface area contributed by atoms with Crippen LogP contribution in [0.1, 0.15) is 18.4 Å². The van der Waals surface area contributed by atoms with Gasteiger partial charge in [0.1, 0.15) is 11.9 Å². The van der Waals surface area contributed by atoms with E-state index in [1.807, 2.05) is 30.3 Å². The molecule has 1 saturated heterocycles. The largest absolute Gasteiger partial charge is 0.488 e. The number of ether oxygens (including phenoxy) is 5. The first-order chi connectivity index (χ1) is 14.7. The van der Waals surface area contributed by atoms with Crippen molar-refractivity contribution in [2.45, 2.75) is 31.6 Å². The maximum absolute atomic E-state index is 10.7. The normalized spacial score (nSPS) is 29.1. The lowest BCUT2D eigenvalue weighted by Gasteiger charge is -2.35. The van der Waals surface area contributed by atoms with Gasteiger partial charge < -0.3 is 28.8 Å². The molecule has 0 bridgehead atoms. The molecule has 3 heterocycles. The molecule has 3 aliphatic heterocycles. The SMILES string of the molecule is O[C@@H]1C[C@H]2CN(Cc3cccc4c3OCO4)C[C@H]2C[C@H]1Oc1ccc2c(c1)OCO2. The first-order valence-corrected chi connectivity index (χ1v) is 10.6. The smallest absolute Gasteiger partial charge is 0.231 e. The number of fused-ring (bicyclic) bond motifs is 3. The predicted molar refractivity (Wildman–Crippen MR) is 107 cm³/mol. The zero-order chi connectivity index (χ0) is 20.1. The van der Waals surface area contributed by atoms with Crippen molar-refractivity contribution in [3.63, 3.8) is 0 Å². The molecule has 0 radical (unpaired) electrons. The summed E-state index contributed by atoms with van der Waals surface area (Å²) in [4.78, 5) is 2.46. The van der Waals surface area contributed by atoms with Crippen LogP contribution in [0.2, 0.25) is 0 Å². The van der Waals surface area contributed by atoms with Gasteiger partial charge in [0, 0.05) is 31.3 Å². The number of rotatable bonds is 4. The molecular weight excluding hydrogens is 386 g/mol. The van der Waals surface area contributed by atoms with Gasteiger partial charge in [-0.2, -0.15) is 0 Å². The van der Waals surface area contributed by atoms with Crippen molar-refractivity contribution in [1.29, 1.82) is 0 Å². The van der Waals surface area contributed by atoms with Gasteiger partial charge in [-0.15, -0.1) is 0 Å². The minimum absolute atomic E-state index is 0.204. The van der Waals surface area contributed by atoms with Crippen LogP contribution in [0.5, 0.6) is 28.7 Å². The third-order valence-corrected chi connectivity index (χ3v) is 6.66. The number of nitrogens with zero attached hydrogens (tertiary/aromatic N) is 1. The number of aliphatic hydroxyl groups is 1. The van der Waals surface area contributed by atoms with Gasteiger partial charge >= 0.3 is 0 Å². The van der Waals surface area contributed by atoms with Crippen molar-refractivity contribution >= 4 is 0 Å². The Morgan fingerprint density at radius 2 is 1.70 bits per heavy atom. The predicted octanol–water partition coefficient (Wildman–Crippen LogP) is 2.79. The van der Waals surface area contributed by atoms with Gasteiger partial charge in [0.05, 0.1) is 6.10 Å². The molecule has 7 nitrogen and oxygen atoms in total. The number of likely N-dealkylation sites (tertiary alicyclic amines) is 1. The van der Waals surface area contributed by atoms with Crippen molar-refractivity contribution in [3.05, 3.63) is 42.0 Å². The highest BCUT2D eigenvalue weighted by Crippen LogP contribution is 2.42. The van der Waals surface area contributed by atoms with Gasteiger partial charge in [-0.25, -0.2) is 0 Å². The third kappa shape index (κ3) is 3.22. The Kier molecular flexibility index (Phi) is 4.39. The van der Waals surface area contributed by atoms with E-state index in [1.54, 1.807) is 0 Å². The summed E-state index contributed by atoms with van der Waals surface area (Å²) in [7, 11) is 0. The summed E-state index contributed by atoms with van der Waals surface area (Å²) in [5, 5.41) is 10.7. The molecule has 7 heteroatoms. The quantitative estimate of drug-likeness (QED) is 0.830. The van der Waals surface area contributed by atoms with Crippen LogP contribution in [-0.2, 0) is 6.54 Å². The van der Waals surface area contributed by atoms with Crippen LogP contribution in [0.15, 0.2) is 36.4 Å². The highest BCUT2D eigenvalue weighted by molar-refractivity contribution is 5.48. The van der Waals surface area contributed by atoms with Crippen LogP contribution in [0.3, 0.4) is 0 Å². The maximum atomic E-state index is 10.7. The van der Waals surface area contributed by atoms with Crippen molar-refractivity contribution in [2.75, 3.05) is 26.7 Å². The molecule has 0 amide bonds. The Labute approximate surface area is 175 Å². The Hall–Kier alpha value is -2.64. The summed E-state index contributed by atoms with van der Waals surface area (Å²) >= 11 is 0. The lowest BCUT2D eigenvalue weighted by molar-refractivity contribution is -0.0232. The van der Waals surface area contributed by atoms with E-state index in [9.17, 15) is 5.11 Å². The molecule has 158 valence electrons. The first kappa shape index (κ1) is 18.2. The first-order valence-electron chi connectivity index (χ1n) is 10.6. The van der Waals surface area contributed by atoms with Crippen LogP contribution in [-0.4, -0.2) is 48.9 Å². The van der Waals surface area contributed by atoms with Crippen LogP contribution in [0, 0.1) is 11.8 Å².